The number of carboxylic acids is 1. The Labute approximate surface area is 115 Å². The van der Waals surface area contributed by atoms with Crippen LogP contribution in [0.25, 0.3) is 10.9 Å². The molecule has 0 amide bonds. The number of carboxylic acid groups (broad SMARTS) is 1. The lowest BCUT2D eigenvalue weighted by atomic mass is 10.0. The molecular weight excluding hydrogens is 266 g/mol. The highest BCUT2D eigenvalue weighted by Gasteiger charge is 2.14. The Morgan fingerprint density at radius 1 is 1.42 bits per heavy atom. The summed E-state index contributed by atoms with van der Waals surface area (Å²) in [6.07, 6.45) is 0.179. The molecule has 5 heteroatoms. The number of aliphatic carboxylic acids is 1. The van der Waals surface area contributed by atoms with E-state index in [4.69, 9.17) is 16.7 Å². The number of benzene rings is 1. The Morgan fingerprint density at radius 3 is 2.74 bits per heavy atom. The molecule has 0 fully saturated rings. The highest BCUT2D eigenvalue weighted by molar-refractivity contribution is 6.35. The molecule has 0 radical (unpaired) electrons. The van der Waals surface area contributed by atoms with Gasteiger partial charge in [-0.15, -0.1) is 0 Å². The van der Waals surface area contributed by atoms with Crippen molar-refractivity contribution in [3.8, 4) is 0 Å². The Hall–Kier alpha value is -1.81. The molecule has 0 atom stereocenters. The fourth-order valence-corrected chi connectivity index (χ4v) is 2.56. The molecule has 1 aromatic carbocycles. The average Bonchev–Trinajstić information content (AvgIpc) is 2.35. The third kappa shape index (κ3) is 2.36. The Bertz CT molecular complexity index is 719. The number of fused-ring (bicyclic) bond motifs is 1. The van der Waals surface area contributed by atoms with Crippen LogP contribution in [0.15, 0.2) is 23.0 Å². The first-order chi connectivity index (χ1) is 8.93. The van der Waals surface area contributed by atoms with Crippen molar-refractivity contribution in [2.75, 3.05) is 0 Å². The van der Waals surface area contributed by atoms with Gasteiger partial charge in [0.1, 0.15) is 0 Å². The van der Waals surface area contributed by atoms with E-state index in [2.05, 4.69) is 0 Å². The maximum atomic E-state index is 12.4. The highest BCUT2D eigenvalue weighted by atomic mass is 35.5. The van der Waals surface area contributed by atoms with E-state index >= 15 is 0 Å². The largest absolute Gasteiger partial charge is 0.481 e. The first-order valence-corrected chi connectivity index (χ1v) is 6.29. The number of hydrogen-bond donors (Lipinski definition) is 1. The molecule has 100 valence electrons. The van der Waals surface area contributed by atoms with Crippen molar-refractivity contribution in [2.45, 2.75) is 19.8 Å². The van der Waals surface area contributed by atoms with Crippen LogP contribution in [0.3, 0.4) is 0 Å². The smallest absolute Gasteiger partial charge is 0.303 e. The molecule has 2 rings (SSSR count). The van der Waals surface area contributed by atoms with Crippen LogP contribution in [-0.2, 0) is 18.3 Å². The fourth-order valence-electron chi connectivity index (χ4n) is 2.26. The second-order valence-electron chi connectivity index (χ2n) is 4.48. The third-order valence-corrected chi connectivity index (χ3v) is 3.67. The number of para-hydroxylation sites is 1. The summed E-state index contributed by atoms with van der Waals surface area (Å²) in [6.45, 7) is 1.81. The van der Waals surface area contributed by atoms with Crippen LogP contribution in [0.1, 0.15) is 17.7 Å². The van der Waals surface area contributed by atoms with Crippen LogP contribution in [0.5, 0.6) is 0 Å². The Balaban J connectivity index is 2.74. The van der Waals surface area contributed by atoms with Crippen LogP contribution in [0, 0.1) is 6.92 Å². The zero-order chi connectivity index (χ0) is 14.2. The van der Waals surface area contributed by atoms with Gasteiger partial charge in [0.05, 0.1) is 10.5 Å². The molecule has 0 bridgehead atoms. The van der Waals surface area contributed by atoms with Crippen molar-refractivity contribution in [1.82, 2.24) is 4.57 Å². The van der Waals surface area contributed by atoms with Crippen molar-refractivity contribution in [2.24, 2.45) is 7.05 Å². The maximum absolute atomic E-state index is 12.4. The van der Waals surface area contributed by atoms with E-state index < -0.39 is 5.97 Å². The summed E-state index contributed by atoms with van der Waals surface area (Å²) in [5, 5.41) is 9.80. The van der Waals surface area contributed by atoms with Gasteiger partial charge in [-0.2, -0.15) is 0 Å². The number of halogens is 1. The van der Waals surface area contributed by atoms with Crippen LogP contribution in [0.2, 0.25) is 5.02 Å². The van der Waals surface area contributed by atoms with E-state index in [9.17, 15) is 9.59 Å². The molecule has 1 heterocycles. The number of nitrogens with zero attached hydrogens (tertiary/aromatic N) is 1. The van der Waals surface area contributed by atoms with Crippen LogP contribution in [-0.4, -0.2) is 15.6 Å². The number of pyridine rings is 1. The van der Waals surface area contributed by atoms with Gasteiger partial charge < -0.3 is 9.67 Å². The molecule has 0 aliphatic carbocycles. The molecule has 0 saturated heterocycles. The summed E-state index contributed by atoms with van der Waals surface area (Å²) in [5.74, 6) is -0.910. The number of hydrogen-bond acceptors (Lipinski definition) is 2. The number of carbonyl (C=O) groups is 1. The lowest BCUT2D eigenvalue weighted by molar-refractivity contribution is -0.136. The molecule has 4 nitrogen and oxygen atoms in total. The zero-order valence-corrected chi connectivity index (χ0v) is 11.5. The summed E-state index contributed by atoms with van der Waals surface area (Å²) in [4.78, 5) is 23.1. The van der Waals surface area contributed by atoms with Gasteiger partial charge in [-0.05, 0) is 25.5 Å². The van der Waals surface area contributed by atoms with Crippen molar-refractivity contribution < 1.29 is 9.90 Å². The fraction of sp³-hybridized carbons (Fsp3) is 0.286. The quantitative estimate of drug-likeness (QED) is 0.939. The van der Waals surface area contributed by atoms with Gasteiger partial charge in [0, 0.05) is 30.1 Å². The summed E-state index contributed by atoms with van der Waals surface area (Å²) >= 11 is 6.13. The minimum atomic E-state index is -0.910. The maximum Gasteiger partial charge on any atom is 0.303 e. The van der Waals surface area contributed by atoms with Crippen molar-refractivity contribution >= 4 is 28.5 Å². The molecule has 0 aliphatic heterocycles. The molecule has 1 N–H and O–H groups in total. The molecular formula is C14H14ClNO3. The second-order valence-corrected chi connectivity index (χ2v) is 4.89. The first kappa shape index (κ1) is 13.6. The standard InChI is InChI=1S/C14H14ClNO3/c1-8-9(6-7-12(17)18)14(19)10-4-3-5-11(15)13(10)16(8)2/h3-5H,6-7H2,1-2H3,(H,17,18). The topological polar surface area (TPSA) is 59.3 Å². The average molecular weight is 280 g/mol. The molecule has 0 unspecified atom stereocenters. The van der Waals surface area contributed by atoms with E-state index in [1.54, 1.807) is 25.1 Å². The van der Waals surface area contributed by atoms with E-state index in [1.807, 2.05) is 11.6 Å². The monoisotopic (exact) mass is 279 g/mol. The van der Waals surface area contributed by atoms with Gasteiger partial charge in [-0.25, -0.2) is 0 Å². The minimum Gasteiger partial charge on any atom is -0.481 e. The zero-order valence-electron chi connectivity index (χ0n) is 10.7. The minimum absolute atomic E-state index is 0.0534. The molecule has 0 saturated carbocycles. The highest BCUT2D eigenvalue weighted by Crippen LogP contribution is 2.23. The predicted molar refractivity (Wildman–Crippen MR) is 74.9 cm³/mol. The predicted octanol–water partition coefficient (Wildman–Crippen LogP) is 2.52. The molecule has 19 heavy (non-hydrogen) atoms. The van der Waals surface area contributed by atoms with E-state index in [1.165, 1.54) is 0 Å². The van der Waals surface area contributed by atoms with Gasteiger partial charge in [0.2, 0.25) is 0 Å². The number of rotatable bonds is 3. The van der Waals surface area contributed by atoms with Crippen molar-refractivity contribution in [3.05, 3.63) is 44.7 Å². The number of aryl methyl sites for hydroxylation is 1. The second kappa shape index (κ2) is 5.05. The summed E-state index contributed by atoms with van der Waals surface area (Å²) < 4.78 is 1.84. The van der Waals surface area contributed by atoms with E-state index in [-0.39, 0.29) is 18.3 Å². The lowest BCUT2D eigenvalue weighted by Gasteiger charge is -2.14. The third-order valence-electron chi connectivity index (χ3n) is 3.37. The molecule has 0 spiro atoms. The Kier molecular flexibility index (Phi) is 3.62. The lowest BCUT2D eigenvalue weighted by Crippen LogP contribution is -2.18. The first-order valence-electron chi connectivity index (χ1n) is 5.92. The molecule has 1 aromatic heterocycles. The normalized spacial score (nSPS) is 10.9. The molecule has 0 aliphatic rings. The SMILES string of the molecule is Cc1c(CCC(=O)O)c(=O)c2cccc(Cl)c2n1C. The summed E-state index contributed by atoms with van der Waals surface area (Å²) in [5.41, 5.74) is 1.85. The summed E-state index contributed by atoms with van der Waals surface area (Å²) in [6, 6.07) is 5.18. The van der Waals surface area contributed by atoms with Crippen molar-refractivity contribution in [3.63, 3.8) is 0 Å². The Morgan fingerprint density at radius 2 is 2.11 bits per heavy atom. The van der Waals surface area contributed by atoms with E-state index in [0.717, 1.165) is 5.69 Å². The van der Waals surface area contributed by atoms with E-state index in [0.29, 0.717) is 21.5 Å². The van der Waals surface area contributed by atoms with Crippen LogP contribution in [0.4, 0.5) is 0 Å². The van der Waals surface area contributed by atoms with Crippen molar-refractivity contribution in [1.29, 1.82) is 0 Å². The van der Waals surface area contributed by atoms with Gasteiger partial charge >= 0.3 is 5.97 Å². The number of aromatic nitrogens is 1. The van der Waals surface area contributed by atoms with Gasteiger partial charge in [0.25, 0.3) is 0 Å². The van der Waals surface area contributed by atoms with Crippen LogP contribution >= 0.6 is 11.6 Å². The molecule has 2 aromatic rings. The van der Waals surface area contributed by atoms with Crippen LogP contribution < -0.4 is 5.43 Å². The summed E-state index contributed by atoms with van der Waals surface area (Å²) in [7, 11) is 1.83. The van der Waals surface area contributed by atoms with Gasteiger partial charge in [-0.1, -0.05) is 17.7 Å². The van der Waals surface area contributed by atoms with Gasteiger partial charge in [0.15, 0.2) is 5.43 Å². The van der Waals surface area contributed by atoms with Gasteiger partial charge in [-0.3, -0.25) is 9.59 Å².